The van der Waals surface area contributed by atoms with Gasteiger partial charge in [-0.25, -0.2) is 4.79 Å². The maximum atomic E-state index is 12.3. The molecule has 0 unspecified atom stereocenters. The van der Waals surface area contributed by atoms with Gasteiger partial charge in [0, 0.05) is 6.54 Å². The van der Waals surface area contributed by atoms with E-state index in [2.05, 4.69) is 10.4 Å². The zero-order valence-corrected chi connectivity index (χ0v) is 11.3. The number of hydrogen-bond donors (Lipinski definition) is 2. The fourth-order valence-corrected chi connectivity index (χ4v) is 2.60. The minimum atomic E-state index is -1.08. The van der Waals surface area contributed by atoms with Gasteiger partial charge in [-0.2, -0.15) is 5.10 Å². The van der Waals surface area contributed by atoms with Crippen molar-refractivity contribution in [3.8, 4) is 0 Å². The van der Waals surface area contributed by atoms with Crippen LogP contribution in [0.5, 0.6) is 0 Å². The highest BCUT2D eigenvalue weighted by Crippen LogP contribution is 2.20. The maximum absolute atomic E-state index is 12.3. The van der Waals surface area contributed by atoms with Crippen molar-refractivity contribution in [2.75, 3.05) is 0 Å². The summed E-state index contributed by atoms with van der Waals surface area (Å²) in [5.74, 6) is -1.48. The molecule has 3 rings (SSSR count). The molecule has 108 valence electrons. The zero-order chi connectivity index (χ0) is 14.8. The highest BCUT2D eigenvalue weighted by molar-refractivity contribution is 5.97. The summed E-state index contributed by atoms with van der Waals surface area (Å²) in [6.07, 6.45) is 3.27. The lowest BCUT2D eigenvalue weighted by Crippen LogP contribution is -2.34. The van der Waals surface area contributed by atoms with Gasteiger partial charge in [-0.1, -0.05) is 30.3 Å². The van der Waals surface area contributed by atoms with Crippen LogP contribution in [0.3, 0.4) is 0 Å². The number of amides is 1. The summed E-state index contributed by atoms with van der Waals surface area (Å²) in [7, 11) is 0. The van der Waals surface area contributed by atoms with Crippen LogP contribution < -0.4 is 5.32 Å². The molecule has 1 aromatic carbocycles. The van der Waals surface area contributed by atoms with Crippen LogP contribution in [-0.2, 0) is 17.8 Å². The molecule has 1 aliphatic rings. The third-order valence-corrected chi connectivity index (χ3v) is 3.63. The summed E-state index contributed by atoms with van der Waals surface area (Å²) in [4.78, 5) is 23.7. The summed E-state index contributed by atoms with van der Waals surface area (Å²) >= 11 is 0. The zero-order valence-electron chi connectivity index (χ0n) is 11.3. The Labute approximate surface area is 121 Å². The Balaban J connectivity index is 1.83. The number of carbonyl (C=O) groups is 2. The van der Waals surface area contributed by atoms with Gasteiger partial charge in [0.05, 0.1) is 17.5 Å². The van der Waals surface area contributed by atoms with Crippen LogP contribution in [-0.4, -0.2) is 26.8 Å². The molecule has 0 saturated heterocycles. The highest BCUT2D eigenvalue weighted by atomic mass is 16.4. The van der Waals surface area contributed by atoms with Gasteiger partial charge in [-0.05, 0) is 18.4 Å². The number of aliphatic carboxylic acids is 1. The van der Waals surface area contributed by atoms with Gasteiger partial charge in [0.15, 0.2) is 6.04 Å². The van der Waals surface area contributed by atoms with Crippen molar-refractivity contribution in [1.82, 2.24) is 15.1 Å². The number of carboxylic acid groups (broad SMARTS) is 1. The Morgan fingerprint density at radius 3 is 2.76 bits per heavy atom. The summed E-state index contributed by atoms with van der Waals surface area (Å²) in [5, 5.41) is 16.1. The van der Waals surface area contributed by atoms with Crippen LogP contribution in [0.4, 0.5) is 0 Å². The van der Waals surface area contributed by atoms with Crippen molar-refractivity contribution < 1.29 is 14.7 Å². The maximum Gasteiger partial charge on any atom is 0.330 e. The van der Waals surface area contributed by atoms with E-state index in [1.54, 1.807) is 35.0 Å². The van der Waals surface area contributed by atoms with E-state index < -0.39 is 17.9 Å². The van der Waals surface area contributed by atoms with Crippen molar-refractivity contribution in [2.45, 2.75) is 25.4 Å². The molecule has 0 spiro atoms. The van der Waals surface area contributed by atoms with E-state index in [9.17, 15) is 14.7 Å². The van der Waals surface area contributed by atoms with Gasteiger partial charge in [-0.15, -0.1) is 0 Å². The SMILES string of the molecule is O=C(N[C@@H](C(=O)O)c1ccccc1)c1cnn2c1CCC2. The molecule has 1 aromatic heterocycles. The van der Waals surface area contributed by atoms with Gasteiger partial charge in [0.2, 0.25) is 0 Å². The Bertz CT molecular complexity index is 679. The van der Waals surface area contributed by atoms with Crippen molar-refractivity contribution in [3.63, 3.8) is 0 Å². The summed E-state index contributed by atoms with van der Waals surface area (Å²) in [6, 6.07) is 7.60. The van der Waals surface area contributed by atoms with Crippen LogP contribution in [0, 0.1) is 0 Å². The number of carboxylic acids is 1. The number of nitrogens with zero attached hydrogens (tertiary/aromatic N) is 2. The summed E-state index contributed by atoms with van der Waals surface area (Å²) in [6.45, 7) is 0.809. The topological polar surface area (TPSA) is 84.2 Å². The van der Waals surface area contributed by atoms with Crippen LogP contribution in [0.25, 0.3) is 0 Å². The van der Waals surface area contributed by atoms with E-state index in [0.29, 0.717) is 11.1 Å². The quantitative estimate of drug-likeness (QED) is 0.889. The Morgan fingerprint density at radius 1 is 1.29 bits per heavy atom. The molecule has 1 atom stereocenters. The average molecular weight is 285 g/mol. The molecule has 6 nitrogen and oxygen atoms in total. The molecule has 2 N–H and O–H groups in total. The molecule has 21 heavy (non-hydrogen) atoms. The Kier molecular flexibility index (Phi) is 3.43. The van der Waals surface area contributed by atoms with Crippen LogP contribution in [0.2, 0.25) is 0 Å². The molecule has 0 fully saturated rings. The third kappa shape index (κ3) is 2.52. The molecule has 1 amide bonds. The Hall–Kier alpha value is -2.63. The summed E-state index contributed by atoms with van der Waals surface area (Å²) in [5.41, 5.74) is 1.89. The summed E-state index contributed by atoms with van der Waals surface area (Å²) < 4.78 is 1.80. The number of carbonyl (C=O) groups excluding carboxylic acids is 1. The van der Waals surface area contributed by atoms with Crippen LogP contribution >= 0.6 is 0 Å². The van der Waals surface area contributed by atoms with Gasteiger partial charge in [0.25, 0.3) is 5.91 Å². The fourth-order valence-electron chi connectivity index (χ4n) is 2.60. The van der Waals surface area contributed by atoms with Crippen LogP contribution in [0.15, 0.2) is 36.5 Å². The molecule has 0 saturated carbocycles. The van der Waals surface area contributed by atoms with Crippen molar-refractivity contribution in [1.29, 1.82) is 0 Å². The van der Waals surface area contributed by atoms with E-state index >= 15 is 0 Å². The predicted molar refractivity (Wildman–Crippen MR) is 74.8 cm³/mol. The first kappa shape index (κ1) is 13.4. The number of aromatic nitrogens is 2. The monoisotopic (exact) mass is 285 g/mol. The van der Waals surface area contributed by atoms with E-state index in [-0.39, 0.29) is 0 Å². The lowest BCUT2D eigenvalue weighted by atomic mass is 10.1. The first-order valence-electron chi connectivity index (χ1n) is 6.80. The van der Waals surface area contributed by atoms with E-state index in [1.165, 1.54) is 6.20 Å². The van der Waals surface area contributed by atoms with Crippen LogP contribution in [0.1, 0.15) is 34.1 Å². The number of rotatable bonds is 4. The fraction of sp³-hybridized carbons (Fsp3) is 0.267. The first-order chi connectivity index (χ1) is 10.2. The lowest BCUT2D eigenvalue weighted by molar-refractivity contribution is -0.139. The number of benzene rings is 1. The highest BCUT2D eigenvalue weighted by Gasteiger charge is 2.26. The molecule has 0 radical (unpaired) electrons. The standard InChI is InChI=1S/C15H15N3O3/c19-14(11-9-16-18-8-4-7-12(11)18)17-13(15(20)21)10-5-2-1-3-6-10/h1-3,5-6,9,13H,4,7-8H2,(H,17,19)(H,20,21)/t13-/m1/s1. The van der Waals surface area contributed by atoms with E-state index in [0.717, 1.165) is 25.1 Å². The van der Waals surface area contributed by atoms with Crippen molar-refractivity contribution in [3.05, 3.63) is 53.3 Å². The lowest BCUT2D eigenvalue weighted by Gasteiger charge is -2.14. The molecule has 0 bridgehead atoms. The smallest absolute Gasteiger partial charge is 0.330 e. The van der Waals surface area contributed by atoms with Gasteiger partial charge >= 0.3 is 5.97 Å². The largest absolute Gasteiger partial charge is 0.479 e. The van der Waals surface area contributed by atoms with Gasteiger partial charge < -0.3 is 10.4 Å². The second-order valence-corrected chi connectivity index (χ2v) is 4.99. The minimum Gasteiger partial charge on any atom is -0.479 e. The number of fused-ring (bicyclic) bond motifs is 1. The number of hydrogen-bond acceptors (Lipinski definition) is 3. The van der Waals surface area contributed by atoms with Gasteiger partial charge in [0.1, 0.15) is 0 Å². The number of aryl methyl sites for hydroxylation is 1. The third-order valence-electron chi connectivity index (χ3n) is 3.63. The molecular weight excluding hydrogens is 270 g/mol. The number of nitrogens with one attached hydrogen (secondary N) is 1. The normalized spacial score (nSPS) is 14.5. The van der Waals surface area contributed by atoms with E-state index in [4.69, 9.17) is 0 Å². The Morgan fingerprint density at radius 2 is 2.05 bits per heavy atom. The van der Waals surface area contributed by atoms with Crippen molar-refractivity contribution >= 4 is 11.9 Å². The molecule has 2 aromatic rings. The second kappa shape index (κ2) is 5.40. The average Bonchev–Trinajstić information content (AvgIpc) is 3.07. The predicted octanol–water partition coefficient (Wildman–Crippen LogP) is 1.38. The first-order valence-corrected chi connectivity index (χ1v) is 6.80. The molecule has 0 aliphatic carbocycles. The van der Waals surface area contributed by atoms with E-state index in [1.807, 2.05) is 0 Å². The molecule has 6 heteroatoms. The minimum absolute atomic E-state index is 0.394. The molecule has 2 heterocycles. The van der Waals surface area contributed by atoms with Gasteiger partial charge in [-0.3, -0.25) is 9.48 Å². The van der Waals surface area contributed by atoms with Crippen molar-refractivity contribution in [2.24, 2.45) is 0 Å². The molecular formula is C15H15N3O3. The molecule has 1 aliphatic heterocycles. The second-order valence-electron chi connectivity index (χ2n) is 4.99.